The molecule has 62 valence electrons. The van der Waals surface area contributed by atoms with Crippen molar-refractivity contribution in [3.05, 3.63) is 12.7 Å². The van der Waals surface area contributed by atoms with Crippen molar-refractivity contribution in [2.24, 2.45) is 0 Å². The highest BCUT2D eigenvalue weighted by Crippen LogP contribution is 2.12. The van der Waals surface area contributed by atoms with E-state index >= 15 is 0 Å². The number of halogens is 1. The molecule has 0 aliphatic heterocycles. The van der Waals surface area contributed by atoms with Gasteiger partial charge in [0.15, 0.2) is 0 Å². The van der Waals surface area contributed by atoms with Gasteiger partial charge in [-0.3, -0.25) is 0 Å². The van der Waals surface area contributed by atoms with E-state index in [1.165, 1.54) is 0 Å². The van der Waals surface area contributed by atoms with Gasteiger partial charge in [-0.2, -0.15) is 0 Å². The molecule has 0 saturated carbocycles. The molecule has 1 nitrogen and oxygen atoms in total. The molecule has 1 N–H and O–H groups in total. The van der Waals surface area contributed by atoms with Gasteiger partial charge < -0.3 is 5.32 Å². The molecular formula is C8H18BrN. The minimum atomic E-state index is 0. The minimum Gasteiger partial charge on any atom is -0.314 e. The summed E-state index contributed by atoms with van der Waals surface area (Å²) in [5.74, 6) is 0. The van der Waals surface area contributed by atoms with Crippen molar-refractivity contribution >= 4 is 17.0 Å². The third kappa shape index (κ3) is 4.07. The van der Waals surface area contributed by atoms with Gasteiger partial charge in [-0.05, 0) is 26.8 Å². The first-order valence-electron chi connectivity index (χ1n) is 3.48. The molecule has 2 heteroatoms. The summed E-state index contributed by atoms with van der Waals surface area (Å²) in [5.41, 5.74) is 0.266. The van der Waals surface area contributed by atoms with Crippen LogP contribution in [0.3, 0.4) is 0 Å². The van der Waals surface area contributed by atoms with Gasteiger partial charge in [0.2, 0.25) is 0 Å². The smallest absolute Gasteiger partial charge is 0.0182 e. The third-order valence-electron chi connectivity index (χ3n) is 1.98. The lowest BCUT2D eigenvalue weighted by Crippen LogP contribution is -2.38. The van der Waals surface area contributed by atoms with Crippen LogP contribution in [-0.4, -0.2) is 12.6 Å². The van der Waals surface area contributed by atoms with Crippen LogP contribution in [0.2, 0.25) is 0 Å². The highest BCUT2D eigenvalue weighted by atomic mass is 79.9. The lowest BCUT2D eigenvalue weighted by atomic mass is 9.95. The van der Waals surface area contributed by atoms with E-state index in [-0.39, 0.29) is 22.5 Å². The molecule has 0 saturated heterocycles. The van der Waals surface area contributed by atoms with E-state index in [4.69, 9.17) is 0 Å². The maximum absolute atomic E-state index is 3.70. The van der Waals surface area contributed by atoms with Crippen LogP contribution in [0.25, 0.3) is 0 Å². The number of hydrogen-bond donors (Lipinski definition) is 1. The van der Waals surface area contributed by atoms with E-state index in [0.717, 1.165) is 12.8 Å². The number of nitrogens with one attached hydrogen (secondary N) is 1. The van der Waals surface area contributed by atoms with Crippen LogP contribution in [0.4, 0.5) is 0 Å². The maximum atomic E-state index is 3.70. The maximum Gasteiger partial charge on any atom is 0.0182 e. The summed E-state index contributed by atoms with van der Waals surface area (Å²) < 4.78 is 0. The Kier molecular flexibility index (Phi) is 7.60. The van der Waals surface area contributed by atoms with E-state index in [2.05, 4.69) is 25.7 Å². The summed E-state index contributed by atoms with van der Waals surface area (Å²) in [5, 5.41) is 3.26. The molecule has 0 aliphatic carbocycles. The Morgan fingerprint density at radius 1 is 1.60 bits per heavy atom. The highest BCUT2D eigenvalue weighted by Gasteiger charge is 2.15. The molecule has 0 fully saturated rings. The first kappa shape index (κ1) is 12.8. The zero-order chi connectivity index (χ0) is 7.33. The molecule has 0 spiro atoms. The molecule has 0 radical (unpaired) electrons. The Labute approximate surface area is 74.7 Å². The topological polar surface area (TPSA) is 12.0 Å². The van der Waals surface area contributed by atoms with Crippen molar-refractivity contribution in [2.75, 3.05) is 7.05 Å². The molecule has 0 aromatic rings. The molecule has 0 aromatic heterocycles. The molecule has 1 unspecified atom stereocenters. The second-order valence-corrected chi connectivity index (χ2v) is 2.66. The molecule has 0 rings (SSSR count). The lowest BCUT2D eigenvalue weighted by Gasteiger charge is -2.25. The van der Waals surface area contributed by atoms with Gasteiger partial charge in [0.25, 0.3) is 0 Å². The number of rotatable bonds is 4. The summed E-state index contributed by atoms with van der Waals surface area (Å²) in [7, 11) is 1.99. The van der Waals surface area contributed by atoms with E-state index < -0.39 is 0 Å². The zero-order valence-corrected chi connectivity index (χ0v) is 8.82. The average molecular weight is 208 g/mol. The molecule has 0 amide bonds. The van der Waals surface area contributed by atoms with E-state index in [0.29, 0.717) is 0 Å². The first-order chi connectivity index (χ1) is 4.18. The second-order valence-electron chi connectivity index (χ2n) is 2.66. The van der Waals surface area contributed by atoms with Crippen LogP contribution in [0.15, 0.2) is 12.7 Å². The van der Waals surface area contributed by atoms with Crippen molar-refractivity contribution in [1.29, 1.82) is 0 Å². The molecule has 0 bridgehead atoms. The van der Waals surface area contributed by atoms with Crippen molar-refractivity contribution in [1.82, 2.24) is 5.32 Å². The summed E-state index contributed by atoms with van der Waals surface area (Å²) in [6, 6.07) is 0. The molecule has 10 heavy (non-hydrogen) atoms. The first-order valence-corrected chi connectivity index (χ1v) is 3.48. The van der Waals surface area contributed by atoms with Crippen LogP contribution in [0.1, 0.15) is 26.7 Å². The van der Waals surface area contributed by atoms with Gasteiger partial charge in [-0.25, -0.2) is 0 Å². The Morgan fingerprint density at radius 2 is 2.10 bits per heavy atom. The second kappa shape index (κ2) is 5.93. The zero-order valence-electron chi connectivity index (χ0n) is 7.11. The Bertz CT molecular complexity index is 87.3. The average Bonchev–Trinajstić information content (AvgIpc) is 1.89. The summed E-state index contributed by atoms with van der Waals surface area (Å²) in [6.07, 6.45) is 4.15. The van der Waals surface area contributed by atoms with Gasteiger partial charge in [-0.15, -0.1) is 23.6 Å². The summed E-state index contributed by atoms with van der Waals surface area (Å²) in [6.45, 7) is 8.09. The summed E-state index contributed by atoms with van der Waals surface area (Å²) in [4.78, 5) is 0. The van der Waals surface area contributed by atoms with Gasteiger partial charge in [-0.1, -0.05) is 13.0 Å². The molecule has 0 heterocycles. The van der Waals surface area contributed by atoms with E-state index in [1.54, 1.807) is 0 Å². The summed E-state index contributed by atoms with van der Waals surface area (Å²) >= 11 is 0. The van der Waals surface area contributed by atoms with Crippen LogP contribution in [0.5, 0.6) is 0 Å². The molecule has 0 aliphatic rings. The SMILES string of the molecule is Br.C=CCC(C)(CC)NC. The molecular weight excluding hydrogens is 190 g/mol. The monoisotopic (exact) mass is 207 g/mol. The van der Waals surface area contributed by atoms with Crippen molar-refractivity contribution in [3.8, 4) is 0 Å². The standard InChI is InChI=1S/C8H17N.BrH/c1-5-7-8(3,6-2)9-4;/h5,9H,1,6-7H2,2-4H3;1H. The third-order valence-corrected chi connectivity index (χ3v) is 1.98. The van der Waals surface area contributed by atoms with Crippen LogP contribution in [-0.2, 0) is 0 Å². The Hall–Kier alpha value is 0.180. The fourth-order valence-electron chi connectivity index (χ4n) is 0.742. The largest absolute Gasteiger partial charge is 0.314 e. The van der Waals surface area contributed by atoms with Crippen LogP contribution in [0, 0.1) is 0 Å². The van der Waals surface area contributed by atoms with Gasteiger partial charge in [0, 0.05) is 5.54 Å². The van der Waals surface area contributed by atoms with Crippen LogP contribution >= 0.6 is 17.0 Å². The normalized spacial score (nSPS) is 15.1. The van der Waals surface area contributed by atoms with Gasteiger partial charge in [0.1, 0.15) is 0 Å². The molecule has 0 aromatic carbocycles. The van der Waals surface area contributed by atoms with E-state index in [9.17, 15) is 0 Å². The van der Waals surface area contributed by atoms with Gasteiger partial charge in [0.05, 0.1) is 0 Å². The van der Waals surface area contributed by atoms with Crippen LogP contribution < -0.4 is 5.32 Å². The lowest BCUT2D eigenvalue weighted by molar-refractivity contribution is 0.376. The van der Waals surface area contributed by atoms with Crippen molar-refractivity contribution in [2.45, 2.75) is 32.2 Å². The van der Waals surface area contributed by atoms with Crippen molar-refractivity contribution < 1.29 is 0 Å². The fourth-order valence-corrected chi connectivity index (χ4v) is 0.742. The minimum absolute atomic E-state index is 0. The van der Waals surface area contributed by atoms with E-state index in [1.807, 2.05) is 13.1 Å². The number of hydrogen-bond acceptors (Lipinski definition) is 1. The quantitative estimate of drug-likeness (QED) is 0.700. The van der Waals surface area contributed by atoms with Gasteiger partial charge >= 0.3 is 0 Å². The fraction of sp³-hybridized carbons (Fsp3) is 0.750. The van der Waals surface area contributed by atoms with Crippen molar-refractivity contribution in [3.63, 3.8) is 0 Å². The highest BCUT2D eigenvalue weighted by molar-refractivity contribution is 8.93. The Balaban J connectivity index is 0. The predicted octanol–water partition coefficient (Wildman–Crippen LogP) is 2.53. The predicted molar refractivity (Wildman–Crippen MR) is 52.9 cm³/mol. The molecule has 1 atom stereocenters. The Morgan fingerprint density at radius 3 is 2.20 bits per heavy atom.